The molecule has 1 aromatic carbocycles. The summed E-state index contributed by atoms with van der Waals surface area (Å²) in [6.45, 7) is 6.11. The first-order valence-corrected chi connectivity index (χ1v) is 5.89. The van der Waals surface area contributed by atoms with Gasteiger partial charge in [0.2, 0.25) is 0 Å². The number of hydrazine groups is 1. The van der Waals surface area contributed by atoms with Crippen molar-refractivity contribution in [1.29, 1.82) is 0 Å². The normalized spacial score (nSPS) is 11.6. The minimum Gasteiger partial charge on any atom is -0.308 e. The number of fused-ring (bicyclic) bond motifs is 1. The van der Waals surface area contributed by atoms with Crippen LogP contribution in [-0.2, 0) is 5.41 Å². The van der Waals surface area contributed by atoms with Crippen molar-refractivity contribution < 1.29 is 4.92 Å². The number of nitrogens with zero attached hydrogens (tertiary/aromatic N) is 2. The van der Waals surface area contributed by atoms with Crippen molar-refractivity contribution in [3.8, 4) is 0 Å². The van der Waals surface area contributed by atoms with E-state index < -0.39 is 4.92 Å². The standard InChI is InChI=1S/C13H16N4O2/c1-13(2,3)10-7-8-6-9(17(18)19)4-5-11(8)15-12(10)16-14/h4-7H,14H2,1-3H3,(H,15,16). The minimum atomic E-state index is -0.411. The van der Waals surface area contributed by atoms with Gasteiger partial charge in [0.1, 0.15) is 5.82 Å². The van der Waals surface area contributed by atoms with E-state index in [2.05, 4.69) is 10.4 Å². The smallest absolute Gasteiger partial charge is 0.270 e. The lowest BCUT2D eigenvalue weighted by Gasteiger charge is -2.22. The number of hydrogen-bond donors (Lipinski definition) is 2. The van der Waals surface area contributed by atoms with Crippen LogP contribution in [-0.4, -0.2) is 9.91 Å². The number of nitrogens with one attached hydrogen (secondary N) is 1. The molecular formula is C13H16N4O2. The van der Waals surface area contributed by atoms with Crippen LogP contribution >= 0.6 is 0 Å². The zero-order valence-electron chi connectivity index (χ0n) is 11.1. The van der Waals surface area contributed by atoms with Gasteiger partial charge in [-0.25, -0.2) is 10.8 Å². The molecule has 0 spiro atoms. The zero-order chi connectivity index (χ0) is 14.2. The molecule has 2 rings (SSSR count). The van der Waals surface area contributed by atoms with Gasteiger partial charge in [-0.05, 0) is 17.5 Å². The van der Waals surface area contributed by atoms with E-state index in [0.717, 1.165) is 10.9 Å². The molecule has 0 bridgehead atoms. The average Bonchev–Trinajstić information content (AvgIpc) is 2.35. The summed E-state index contributed by atoms with van der Waals surface area (Å²) in [7, 11) is 0. The van der Waals surface area contributed by atoms with E-state index in [9.17, 15) is 10.1 Å². The Kier molecular flexibility index (Phi) is 3.11. The number of benzene rings is 1. The predicted octanol–water partition coefficient (Wildman–Crippen LogP) is 2.73. The van der Waals surface area contributed by atoms with Crippen molar-refractivity contribution in [2.24, 2.45) is 5.84 Å². The largest absolute Gasteiger partial charge is 0.308 e. The molecule has 6 nitrogen and oxygen atoms in total. The Morgan fingerprint density at radius 1 is 1.32 bits per heavy atom. The lowest BCUT2D eigenvalue weighted by molar-refractivity contribution is -0.384. The molecular weight excluding hydrogens is 244 g/mol. The van der Waals surface area contributed by atoms with Gasteiger partial charge in [0.15, 0.2) is 0 Å². The van der Waals surface area contributed by atoms with Crippen LogP contribution in [0.2, 0.25) is 0 Å². The van der Waals surface area contributed by atoms with Crippen molar-refractivity contribution in [2.75, 3.05) is 5.43 Å². The number of nitro groups is 1. The van der Waals surface area contributed by atoms with Gasteiger partial charge >= 0.3 is 0 Å². The van der Waals surface area contributed by atoms with Crippen LogP contribution in [0.5, 0.6) is 0 Å². The summed E-state index contributed by atoms with van der Waals surface area (Å²) in [4.78, 5) is 14.8. The number of rotatable bonds is 2. The van der Waals surface area contributed by atoms with E-state index in [-0.39, 0.29) is 11.1 Å². The fourth-order valence-electron chi connectivity index (χ4n) is 1.96. The Morgan fingerprint density at radius 3 is 2.53 bits per heavy atom. The third kappa shape index (κ3) is 2.48. The topological polar surface area (TPSA) is 94.1 Å². The summed E-state index contributed by atoms with van der Waals surface area (Å²) in [5.74, 6) is 6.09. The van der Waals surface area contributed by atoms with Crippen LogP contribution in [0.1, 0.15) is 26.3 Å². The summed E-state index contributed by atoms with van der Waals surface area (Å²) in [5.41, 5.74) is 4.08. The summed E-state index contributed by atoms with van der Waals surface area (Å²) in [6, 6.07) is 6.48. The van der Waals surface area contributed by atoms with E-state index >= 15 is 0 Å². The maximum absolute atomic E-state index is 10.8. The molecule has 0 atom stereocenters. The predicted molar refractivity (Wildman–Crippen MR) is 74.9 cm³/mol. The molecule has 0 saturated carbocycles. The minimum absolute atomic E-state index is 0.0580. The van der Waals surface area contributed by atoms with Gasteiger partial charge in [0, 0.05) is 23.1 Å². The SMILES string of the molecule is CC(C)(C)c1cc2cc([N+](=O)[O-])ccc2nc1NN. The Balaban J connectivity index is 2.72. The van der Waals surface area contributed by atoms with E-state index in [4.69, 9.17) is 5.84 Å². The fourth-order valence-corrected chi connectivity index (χ4v) is 1.96. The Labute approximate surface area is 110 Å². The molecule has 0 unspecified atom stereocenters. The van der Waals surface area contributed by atoms with Crippen LogP contribution in [0, 0.1) is 10.1 Å². The van der Waals surface area contributed by atoms with E-state index in [1.165, 1.54) is 12.1 Å². The Morgan fingerprint density at radius 2 is 2.00 bits per heavy atom. The molecule has 0 aliphatic rings. The molecule has 19 heavy (non-hydrogen) atoms. The molecule has 100 valence electrons. The number of anilines is 1. The van der Waals surface area contributed by atoms with Crippen molar-refractivity contribution in [3.05, 3.63) is 39.9 Å². The highest BCUT2D eigenvalue weighted by atomic mass is 16.6. The van der Waals surface area contributed by atoms with Crippen molar-refractivity contribution >= 4 is 22.4 Å². The number of nitro benzene ring substituents is 1. The molecule has 0 aliphatic heterocycles. The van der Waals surface area contributed by atoms with E-state index in [0.29, 0.717) is 11.3 Å². The molecule has 1 aromatic heterocycles. The van der Waals surface area contributed by atoms with Crippen LogP contribution in [0.25, 0.3) is 10.9 Å². The molecule has 0 radical (unpaired) electrons. The summed E-state index contributed by atoms with van der Waals surface area (Å²) < 4.78 is 0. The molecule has 6 heteroatoms. The average molecular weight is 260 g/mol. The second-order valence-corrected chi connectivity index (χ2v) is 5.41. The number of non-ortho nitro benzene ring substituents is 1. The number of nitrogen functional groups attached to an aromatic ring is 1. The maximum Gasteiger partial charge on any atom is 0.270 e. The lowest BCUT2D eigenvalue weighted by atomic mass is 9.86. The van der Waals surface area contributed by atoms with Gasteiger partial charge in [-0.2, -0.15) is 0 Å². The third-order valence-electron chi connectivity index (χ3n) is 2.95. The van der Waals surface area contributed by atoms with E-state index in [1.54, 1.807) is 6.07 Å². The lowest BCUT2D eigenvalue weighted by Crippen LogP contribution is -2.19. The fraction of sp³-hybridized carbons (Fsp3) is 0.308. The van der Waals surface area contributed by atoms with Crippen LogP contribution in [0.4, 0.5) is 11.5 Å². The molecule has 0 fully saturated rings. The van der Waals surface area contributed by atoms with Gasteiger partial charge in [0.25, 0.3) is 5.69 Å². The number of nitrogens with two attached hydrogens (primary N) is 1. The molecule has 0 amide bonds. The van der Waals surface area contributed by atoms with Crippen LogP contribution < -0.4 is 11.3 Å². The molecule has 0 aliphatic carbocycles. The Hall–Kier alpha value is -2.21. The van der Waals surface area contributed by atoms with E-state index in [1.807, 2.05) is 26.8 Å². The van der Waals surface area contributed by atoms with Crippen molar-refractivity contribution in [1.82, 2.24) is 4.98 Å². The van der Waals surface area contributed by atoms with Gasteiger partial charge in [-0.15, -0.1) is 0 Å². The van der Waals surface area contributed by atoms with Gasteiger partial charge in [-0.3, -0.25) is 10.1 Å². The highest BCUT2D eigenvalue weighted by molar-refractivity contribution is 5.84. The second kappa shape index (κ2) is 4.47. The quantitative estimate of drug-likeness (QED) is 0.492. The summed E-state index contributed by atoms with van der Waals surface area (Å²) >= 11 is 0. The third-order valence-corrected chi connectivity index (χ3v) is 2.95. The molecule has 3 N–H and O–H groups in total. The molecule has 0 saturated heterocycles. The maximum atomic E-state index is 10.8. The van der Waals surface area contributed by atoms with Crippen molar-refractivity contribution in [3.63, 3.8) is 0 Å². The van der Waals surface area contributed by atoms with Gasteiger partial charge in [0.05, 0.1) is 10.4 Å². The number of hydrogen-bond acceptors (Lipinski definition) is 5. The van der Waals surface area contributed by atoms with Crippen LogP contribution in [0.15, 0.2) is 24.3 Å². The second-order valence-electron chi connectivity index (χ2n) is 5.41. The molecule has 1 heterocycles. The van der Waals surface area contributed by atoms with Crippen LogP contribution in [0.3, 0.4) is 0 Å². The summed E-state index contributed by atoms with van der Waals surface area (Å²) in [6.07, 6.45) is 0. The highest BCUT2D eigenvalue weighted by Crippen LogP contribution is 2.31. The first kappa shape index (κ1) is 13.2. The number of aromatic nitrogens is 1. The first-order chi connectivity index (χ1) is 8.82. The van der Waals surface area contributed by atoms with Gasteiger partial charge < -0.3 is 5.43 Å². The number of pyridine rings is 1. The Bertz CT molecular complexity index is 647. The molecule has 2 aromatic rings. The first-order valence-electron chi connectivity index (χ1n) is 5.89. The highest BCUT2D eigenvalue weighted by Gasteiger charge is 2.20. The van der Waals surface area contributed by atoms with Crippen molar-refractivity contribution in [2.45, 2.75) is 26.2 Å². The summed E-state index contributed by atoms with van der Waals surface area (Å²) in [5, 5.41) is 11.5. The monoisotopic (exact) mass is 260 g/mol. The zero-order valence-corrected chi connectivity index (χ0v) is 11.1. The van der Waals surface area contributed by atoms with Gasteiger partial charge in [-0.1, -0.05) is 20.8 Å².